The Hall–Kier alpha value is -3.45. The minimum atomic E-state index is -3.01. The Morgan fingerprint density at radius 2 is 1.80 bits per heavy atom. The number of carbonyl (C=O) groups excluding carboxylic acids is 5. The predicted molar refractivity (Wildman–Crippen MR) is 113 cm³/mol. The molecule has 1 fully saturated rings. The van der Waals surface area contributed by atoms with Crippen LogP contribution >= 0.6 is 0 Å². The number of nitrogens with one attached hydrogen (secondary N) is 1. The molecular formula is C20H29FN4O10. The monoisotopic (exact) mass is 504 g/mol. The van der Waals surface area contributed by atoms with Gasteiger partial charge in [0, 0.05) is 31.6 Å². The number of alkyl halides is 1. The first-order valence-electron chi connectivity index (χ1n) is 10.6. The fraction of sp³-hybridized carbons (Fsp3) is 0.750. The molecule has 0 aromatic carbocycles. The number of methoxy groups -OCH3 is 1. The minimum Gasteiger partial charge on any atom is -0.464 e. The van der Waals surface area contributed by atoms with E-state index in [0.717, 1.165) is 27.9 Å². The molecule has 1 rings (SSSR count). The standard InChI is InChI=1S/C20H29FN4O10/c1-7-13(32-10(3)26)9(2)16-15(24-14(29)8-23-25-22)17(33-11(4)27)18(21)20(35-16,19(30)31-6)34-12(5)28/h9,13,15-18H,7-8H2,1-6H3,(H,24,29)/t9-,13-,15+,16?,17+,18?,20-/m1/s1. The summed E-state index contributed by atoms with van der Waals surface area (Å²) in [6.07, 6.45) is -6.68. The molecule has 14 nitrogen and oxygen atoms in total. The van der Waals surface area contributed by atoms with Crippen LogP contribution in [0.4, 0.5) is 4.39 Å². The normalized spacial score (nSPS) is 27.3. The van der Waals surface area contributed by atoms with E-state index in [-0.39, 0.29) is 6.42 Å². The molecule has 2 unspecified atom stereocenters. The molecule has 1 N–H and O–H groups in total. The van der Waals surface area contributed by atoms with Crippen molar-refractivity contribution >= 4 is 29.8 Å². The van der Waals surface area contributed by atoms with Crippen molar-refractivity contribution in [2.75, 3.05) is 13.7 Å². The van der Waals surface area contributed by atoms with Gasteiger partial charge in [0.2, 0.25) is 12.1 Å². The zero-order chi connectivity index (χ0) is 26.9. The molecule has 7 atom stereocenters. The molecule has 0 aromatic rings. The Morgan fingerprint density at radius 1 is 1.17 bits per heavy atom. The van der Waals surface area contributed by atoms with Crippen LogP contribution in [0.1, 0.15) is 41.0 Å². The molecule has 0 radical (unpaired) electrons. The summed E-state index contributed by atoms with van der Waals surface area (Å²) in [4.78, 5) is 62.8. The molecule has 1 amide bonds. The summed E-state index contributed by atoms with van der Waals surface area (Å²) >= 11 is 0. The van der Waals surface area contributed by atoms with Gasteiger partial charge in [0.1, 0.15) is 12.6 Å². The number of carbonyl (C=O) groups is 5. The van der Waals surface area contributed by atoms with Gasteiger partial charge in [-0.15, -0.1) is 0 Å². The Labute approximate surface area is 200 Å². The lowest BCUT2D eigenvalue weighted by molar-refractivity contribution is -0.320. The largest absolute Gasteiger partial charge is 0.464 e. The summed E-state index contributed by atoms with van der Waals surface area (Å²) in [7, 11) is 0.893. The molecule has 0 aliphatic carbocycles. The molecule has 0 bridgehead atoms. The van der Waals surface area contributed by atoms with Gasteiger partial charge < -0.3 is 29.0 Å². The molecule has 35 heavy (non-hydrogen) atoms. The smallest absolute Gasteiger partial charge is 0.383 e. The first kappa shape index (κ1) is 29.6. The van der Waals surface area contributed by atoms with Crippen molar-refractivity contribution in [2.24, 2.45) is 11.0 Å². The molecule has 0 saturated carbocycles. The number of amides is 1. The predicted octanol–water partition coefficient (Wildman–Crippen LogP) is 0.860. The van der Waals surface area contributed by atoms with Crippen LogP contribution in [0.2, 0.25) is 0 Å². The summed E-state index contributed by atoms with van der Waals surface area (Å²) in [6.45, 7) is 5.50. The average Bonchev–Trinajstić information content (AvgIpc) is 2.78. The van der Waals surface area contributed by atoms with E-state index in [9.17, 15) is 24.0 Å². The van der Waals surface area contributed by atoms with E-state index in [0.29, 0.717) is 0 Å². The highest BCUT2D eigenvalue weighted by molar-refractivity contribution is 5.83. The Bertz CT molecular complexity index is 880. The molecule has 1 heterocycles. The van der Waals surface area contributed by atoms with Crippen molar-refractivity contribution in [1.82, 2.24) is 5.32 Å². The van der Waals surface area contributed by atoms with Gasteiger partial charge in [0.15, 0.2) is 6.10 Å². The lowest BCUT2D eigenvalue weighted by Crippen LogP contribution is -2.73. The van der Waals surface area contributed by atoms with Gasteiger partial charge in [0.05, 0.1) is 19.3 Å². The molecule has 1 aliphatic rings. The molecule has 0 aromatic heterocycles. The topological polar surface area (TPSA) is 192 Å². The fourth-order valence-electron chi connectivity index (χ4n) is 3.80. The Balaban J connectivity index is 3.72. The van der Waals surface area contributed by atoms with Crippen molar-refractivity contribution in [2.45, 2.75) is 77.4 Å². The maximum Gasteiger partial charge on any atom is 0.383 e. The maximum absolute atomic E-state index is 15.9. The van der Waals surface area contributed by atoms with Crippen LogP contribution in [-0.2, 0) is 47.7 Å². The van der Waals surface area contributed by atoms with Crippen LogP contribution in [0.15, 0.2) is 5.11 Å². The van der Waals surface area contributed by atoms with E-state index in [2.05, 4.69) is 20.1 Å². The second kappa shape index (κ2) is 12.9. The molecule has 1 aliphatic heterocycles. The van der Waals surface area contributed by atoms with E-state index in [1.54, 1.807) is 6.92 Å². The summed E-state index contributed by atoms with van der Waals surface area (Å²) in [5.74, 6) is -9.01. The van der Waals surface area contributed by atoms with E-state index in [1.807, 2.05) is 0 Å². The van der Waals surface area contributed by atoms with Crippen LogP contribution < -0.4 is 5.32 Å². The fourth-order valence-corrected chi connectivity index (χ4v) is 3.80. The highest BCUT2D eigenvalue weighted by Crippen LogP contribution is 2.40. The number of hydrogen-bond donors (Lipinski definition) is 1. The lowest BCUT2D eigenvalue weighted by atomic mass is 9.82. The van der Waals surface area contributed by atoms with Gasteiger partial charge in [-0.25, -0.2) is 9.18 Å². The van der Waals surface area contributed by atoms with Gasteiger partial charge in [-0.2, -0.15) is 0 Å². The average molecular weight is 504 g/mol. The summed E-state index contributed by atoms with van der Waals surface area (Å²) < 4.78 is 41.6. The summed E-state index contributed by atoms with van der Waals surface area (Å²) in [6, 6.07) is -1.50. The molecule has 15 heteroatoms. The second-order valence-electron chi connectivity index (χ2n) is 7.71. The quantitative estimate of drug-likeness (QED) is 0.147. The molecule has 196 valence electrons. The SMILES string of the molecule is CC[C@@H](OC(C)=O)[C@@H](C)C1O[C@@](OC(C)=O)(C(=O)OC)C(F)[C@@H](OC(C)=O)[C@H]1NC(=O)CN=[N+]=[N-]. The molecule has 0 spiro atoms. The van der Waals surface area contributed by atoms with Crippen LogP contribution in [0.25, 0.3) is 10.4 Å². The van der Waals surface area contributed by atoms with E-state index in [1.165, 1.54) is 6.92 Å². The Morgan fingerprint density at radius 3 is 2.26 bits per heavy atom. The van der Waals surface area contributed by atoms with Gasteiger partial charge in [-0.05, 0) is 12.0 Å². The second-order valence-corrected chi connectivity index (χ2v) is 7.71. The van der Waals surface area contributed by atoms with Crippen LogP contribution in [-0.4, -0.2) is 79.8 Å². The number of esters is 4. The van der Waals surface area contributed by atoms with E-state index < -0.39 is 78.6 Å². The third kappa shape index (κ3) is 7.26. The van der Waals surface area contributed by atoms with Crippen molar-refractivity contribution < 1.29 is 52.0 Å². The number of halogens is 1. The first-order chi connectivity index (χ1) is 16.3. The number of hydrogen-bond acceptors (Lipinski definition) is 11. The van der Waals surface area contributed by atoms with Crippen LogP contribution in [0, 0.1) is 5.92 Å². The number of ether oxygens (including phenoxy) is 5. The third-order valence-corrected chi connectivity index (χ3v) is 5.17. The van der Waals surface area contributed by atoms with Crippen molar-refractivity contribution in [1.29, 1.82) is 0 Å². The number of nitrogens with zero attached hydrogens (tertiary/aromatic N) is 3. The van der Waals surface area contributed by atoms with Crippen molar-refractivity contribution in [3.05, 3.63) is 10.4 Å². The van der Waals surface area contributed by atoms with Gasteiger partial charge in [0.25, 0.3) is 0 Å². The van der Waals surface area contributed by atoms with Gasteiger partial charge in [-0.3, -0.25) is 19.2 Å². The highest BCUT2D eigenvalue weighted by Gasteiger charge is 2.66. The molecular weight excluding hydrogens is 475 g/mol. The van der Waals surface area contributed by atoms with Gasteiger partial charge >= 0.3 is 29.7 Å². The van der Waals surface area contributed by atoms with Gasteiger partial charge in [-0.1, -0.05) is 19.0 Å². The Kier molecular flexibility index (Phi) is 10.9. The third-order valence-electron chi connectivity index (χ3n) is 5.17. The maximum atomic E-state index is 15.9. The number of azide groups is 1. The van der Waals surface area contributed by atoms with E-state index in [4.69, 9.17) is 24.5 Å². The molecule has 1 saturated heterocycles. The first-order valence-corrected chi connectivity index (χ1v) is 10.6. The van der Waals surface area contributed by atoms with Crippen LogP contribution in [0.5, 0.6) is 0 Å². The number of rotatable bonds is 10. The van der Waals surface area contributed by atoms with Crippen molar-refractivity contribution in [3.63, 3.8) is 0 Å². The lowest BCUT2D eigenvalue weighted by Gasteiger charge is -2.49. The minimum absolute atomic E-state index is 0.232. The summed E-state index contributed by atoms with van der Waals surface area (Å²) in [5.41, 5.74) is 8.48. The summed E-state index contributed by atoms with van der Waals surface area (Å²) in [5, 5.41) is 5.50. The zero-order valence-corrected chi connectivity index (χ0v) is 20.2. The van der Waals surface area contributed by atoms with E-state index >= 15 is 4.39 Å². The van der Waals surface area contributed by atoms with Crippen LogP contribution in [0.3, 0.4) is 0 Å². The van der Waals surface area contributed by atoms with Crippen molar-refractivity contribution in [3.8, 4) is 0 Å². The zero-order valence-electron chi connectivity index (χ0n) is 20.2. The highest BCUT2D eigenvalue weighted by atomic mass is 19.1.